The summed E-state index contributed by atoms with van der Waals surface area (Å²) in [5.41, 5.74) is 2.28. The van der Waals surface area contributed by atoms with Crippen LogP contribution < -0.4 is 10.2 Å². The SMILES string of the molecule is C=C(SC(=S)NC)c1ccc(N(C)C)cc1. The zero-order valence-corrected chi connectivity index (χ0v) is 11.4. The van der Waals surface area contributed by atoms with E-state index in [1.54, 1.807) is 0 Å². The summed E-state index contributed by atoms with van der Waals surface area (Å²) < 4.78 is 0.738. The Morgan fingerprint density at radius 1 is 1.31 bits per heavy atom. The number of hydrogen-bond donors (Lipinski definition) is 1. The molecule has 0 bridgehead atoms. The second-order valence-electron chi connectivity index (χ2n) is 3.50. The summed E-state index contributed by atoms with van der Waals surface area (Å²) in [6.07, 6.45) is 0. The molecule has 0 atom stereocenters. The fraction of sp³-hybridized carbons (Fsp3) is 0.250. The maximum atomic E-state index is 5.08. The number of rotatable bonds is 3. The molecule has 0 fully saturated rings. The number of anilines is 1. The number of nitrogens with zero attached hydrogens (tertiary/aromatic N) is 1. The van der Waals surface area contributed by atoms with Crippen LogP contribution in [0.5, 0.6) is 0 Å². The van der Waals surface area contributed by atoms with Crippen LogP contribution in [0.25, 0.3) is 4.91 Å². The van der Waals surface area contributed by atoms with Gasteiger partial charge in [0.25, 0.3) is 0 Å². The molecule has 0 amide bonds. The van der Waals surface area contributed by atoms with Gasteiger partial charge < -0.3 is 10.2 Å². The van der Waals surface area contributed by atoms with Crippen LogP contribution in [0.3, 0.4) is 0 Å². The molecular weight excluding hydrogens is 236 g/mol. The molecule has 0 aliphatic rings. The third-order valence-corrected chi connectivity index (χ3v) is 3.45. The van der Waals surface area contributed by atoms with Crippen molar-refractivity contribution in [2.75, 3.05) is 26.0 Å². The molecule has 0 aliphatic heterocycles. The zero-order valence-electron chi connectivity index (χ0n) is 9.78. The third kappa shape index (κ3) is 3.54. The molecule has 0 aromatic heterocycles. The molecule has 2 nitrogen and oxygen atoms in total. The lowest BCUT2D eigenvalue weighted by Gasteiger charge is -2.13. The van der Waals surface area contributed by atoms with Gasteiger partial charge in [-0.2, -0.15) is 0 Å². The van der Waals surface area contributed by atoms with Crippen molar-refractivity contribution >= 4 is 38.9 Å². The topological polar surface area (TPSA) is 15.3 Å². The van der Waals surface area contributed by atoms with Crippen LogP contribution in [0.1, 0.15) is 5.56 Å². The van der Waals surface area contributed by atoms with Crippen LogP contribution in [0.4, 0.5) is 5.69 Å². The Bertz CT molecular complexity index is 383. The first-order valence-corrected chi connectivity index (χ1v) is 6.13. The van der Waals surface area contributed by atoms with Gasteiger partial charge in [-0.3, -0.25) is 0 Å². The van der Waals surface area contributed by atoms with E-state index in [9.17, 15) is 0 Å². The Balaban J connectivity index is 2.74. The van der Waals surface area contributed by atoms with Crippen molar-refractivity contribution in [3.8, 4) is 0 Å². The Kier molecular flexibility index (Phi) is 4.83. The summed E-state index contributed by atoms with van der Waals surface area (Å²) in [5, 5.41) is 2.92. The van der Waals surface area contributed by atoms with Gasteiger partial charge in [0.15, 0.2) is 0 Å². The molecule has 1 rings (SSSR count). The number of thiocarbonyl (C=S) groups is 1. The number of thioether (sulfide) groups is 1. The van der Waals surface area contributed by atoms with E-state index in [0.29, 0.717) is 0 Å². The lowest BCUT2D eigenvalue weighted by Crippen LogP contribution is -2.10. The van der Waals surface area contributed by atoms with Crippen molar-refractivity contribution in [3.05, 3.63) is 36.4 Å². The minimum atomic E-state index is 0.738. The standard InChI is InChI=1S/C12H16N2S2/c1-9(16-12(15)13-2)10-5-7-11(8-6-10)14(3)4/h5-8H,1H2,2-4H3,(H,13,15). The van der Waals surface area contributed by atoms with Crippen molar-refractivity contribution in [3.63, 3.8) is 0 Å². The minimum absolute atomic E-state index is 0.738. The van der Waals surface area contributed by atoms with E-state index >= 15 is 0 Å². The van der Waals surface area contributed by atoms with Gasteiger partial charge in [0, 0.05) is 31.7 Å². The van der Waals surface area contributed by atoms with E-state index in [1.807, 2.05) is 21.1 Å². The number of nitrogens with one attached hydrogen (secondary N) is 1. The number of benzene rings is 1. The first kappa shape index (κ1) is 13.1. The molecule has 1 aromatic rings. The Labute approximate surface area is 107 Å². The summed E-state index contributed by atoms with van der Waals surface area (Å²) in [6, 6.07) is 8.26. The van der Waals surface area contributed by atoms with Gasteiger partial charge >= 0.3 is 0 Å². The molecule has 4 heteroatoms. The molecule has 1 aromatic carbocycles. The lowest BCUT2D eigenvalue weighted by atomic mass is 10.2. The molecule has 0 radical (unpaired) electrons. The van der Waals surface area contributed by atoms with Gasteiger partial charge in [-0.05, 0) is 17.7 Å². The predicted molar refractivity (Wildman–Crippen MR) is 79.1 cm³/mol. The van der Waals surface area contributed by atoms with Crippen molar-refractivity contribution in [2.45, 2.75) is 0 Å². The molecule has 16 heavy (non-hydrogen) atoms. The Morgan fingerprint density at radius 2 is 1.88 bits per heavy atom. The monoisotopic (exact) mass is 252 g/mol. The highest BCUT2D eigenvalue weighted by Gasteiger charge is 2.03. The Hall–Kier alpha value is -1.00. The summed E-state index contributed by atoms with van der Waals surface area (Å²) in [4.78, 5) is 3.03. The summed E-state index contributed by atoms with van der Waals surface area (Å²) in [5.74, 6) is 0. The summed E-state index contributed by atoms with van der Waals surface area (Å²) in [7, 11) is 5.86. The van der Waals surface area contributed by atoms with E-state index in [1.165, 1.54) is 17.4 Å². The van der Waals surface area contributed by atoms with Gasteiger partial charge in [-0.1, -0.05) is 42.7 Å². The van der Waals surface area contributed by atoms with Crippen molar-refractivity contribution in [2.24, 2.45) is 0 Å². The Morgan fingerprint density at radius 3 is 2.31 bits per heavy atom. The highest BCUT2D eigenvalue weighted by atomic mass is 32.2. The predicted octanol–water partition coefficient (Wildman–Crippen LogP) is 2.96. The summed E-state index contributed by atoms with van der Waals surface area (Å²) >= 11 is 6.56. The highest BCUT2D eigenvalue weighted by Crippen LogP contribution is 2.27. The van der Waals surface area contributed by atoms with E-state index in [2.05, 4.69) is 41.1 Å². The molecule has 0 saturated carbocycles. The van der Waals surface area contributed by atoms with E-state index in [-0.39, 0.29) is 0 Å². The van der Waals surface area contributed by atoms with Crippen LogP contribution in [-0.2, 0) is 0 Å². The van der Waals surface area contributed by atoms with Crippen LogP contribution >= 0.6 is 24.0 Å². The highest BCUT2D eigenvalue weighted by molar-refractivity contribution is 8.29. The fourth-order valence-corrected chi connectivity index (χ4v) is 2.05. The molecule has 86 valence electrons. The molecule has 0 spiro atoms. The zero-order chi connectivity index (χ0) is 12.1. The molecular formula is C12H16N2S2. The summed E-state index contributed by atoms with van der Waals surface area (Å²) in [6.45, 7) is 4.01. The average molecular weight is 252 g/mol. The van der Waals surface area contributed by atoms with Crippen LogP contribution in [0.2, 0.25) is 0 Å². The van der Waals surface area contributed by atoms with Crippen molar-refractivity contribution < 1.29 is 0 Å². The fourth-order valence-electron chi connectivity index (χ4n) is 1.17. The van der Waals surface area contributed by atoms with Crippen LogP contribution in [-0.4, -0.2) is 25.5 Å². The van der Waals surface area contributed by atoms with Crippen molar-refractivity contribution in [1.82, 2.24) is 5.32 Å². The molecule has 0 unspecified atom stereocenters. The van der Waals surface area contributed by atoms with E-state index in [0.717, 1.165) is 14.8 Å². The smallest absolute Gasteiger partial charge is 0.138 e. The first-order chi connectivity index (χ1) is 7.54. The molecule has 1 N–H and O–H groups in total. The maximum absolute atomic E-state index is 5.08. The van der Waals surface area contributed by atoms with Crippen molar-refractivity contribution in [1.29, 1.82) is 0 Å². The van der Waals surface area contributed by atoms with Gasteiger partial charge in [-0.25, -0.2) is 0 Å². The van der Waals surface area contributed by atoms with Gasteiger partial charge in [0.1, 0.15) is 4.32 Å². The van der Waals surface area contributed by atoms with Gasteiger partial charge in [0.05, 0.1) is 0 Å². The second-order valence-corrected chi connectivity index (χ2v) is 5.28. The van der Waals surface area contributed by atoms with E-state index in [4.69, 9.17) is 12.2 Å². The van der Waals surface area contributed by atoms with Gasteiger partial charge in [-0.15, -0.1) is 0 Å². The van der Waals surface area contributed by atoms with Gasteiger partial charge in [0.2, 0.25) is 0 Å². The average Bonchev–Trinajstić information content (AvgIpc) is 2.28. The molecule has 0 aliphatic carbocycles. The third-order valence-electron chi connectivity index (χ3n) is 2.13. The van der Waals surface area contributed by atoms with Crippen LogP contribution in [0.15, 0.2) is 30.8 Å². The van der Waals surface area contributed by atoms with Crippen LogP contribution in [0, 0.1) is 0 Å². The van der Waals surface area contributed by atoms with E-state index < -0.39 is 0 Å². The minimum Gasteiger partial charge on any atom is -0.378 e. The second kappa shape index (κ2) is 5.92. The first-order valence-electron chi connectivity index (χ1n) is 4.91. The molecule has 0 heterocycles. The quantitative estimate of drug-likeness (QED) is 0.832. The lowest BCUT2D eigenvalue weighted by molar-refractivity contribution is 1.13. The maximum Gasteiger partial charge on any atom is 0.138 e. The largest absolute Gasteiger partial charge is 0.378 e. The normalized spacial score (nSPS) is 9.69. The number of hydrogen-bond acceptors (Lipinski definition) is 3. The molecule has 0 saturated heterocycles.